The molecule has 1 amide bonds. The van der Waals surface area contributed by atoms with Crippen LogP contribution in [-0.4, -0.2) is 29.1 Å². The fourth-order valence-corrected chi connectivity index (χ4v) is 3.15. The number of nitrogens with two attached hydrogens (primary N) is 1. The van der Waals surface area contributed by atoms with Crippen molar-refractivity contribution in [3.63, 3.8) is 0 Å². The van der Waals surface area contributed by atoms with Gasteiger partial charge in [-0.1, -0.05) is 0 Å². The summed E-state index contributed by atoms with van der Waals surface area (Å²) < 4.78 is 0. The summed E-state index contributed by atoms with van der Waals surface area (Å²) >= 11 is 0. The number of fused-ring (bicyclic) bond motifs is 2. The van der Waals surface area contributed by atoms with E-state index < -0.39 is 17.9 Å². The zero-order chi connectivity index (χ0) is 11.9. The Labute approximate surface area is 94.4 Å². The van der Waals surface area contributed by atoms with Gasteiger partial charge in [-0.2, -0.15) is 0 Å². The monoisotopic (exact) mass is 226 g/mol. The lowest BCUT2D eigenvalue weighted by molar-refractivity contribution is -0.144. The van der Waals surface area contributed by atoms with E-state index in [-0.39, 0.29) is 17.9 Å². The van der Waals surface area contributed by atoms with Crippen LogP contribution in [-0.2, 0) is 9.59 Å². The Morgan fingerprint density at radius 3 is 2.56 bits per heavy atom. The topological polar surface area (TPSA) is 92.4 Å². The molecule has 4 unspecified atom stereocenters. The summed E-state index contributed by atoms with van der Waals surface area (Å²) in [4.78, 5) is 22.7. The molecule has 4 N–H and O–H groups in total. The van der Waals surface area contributed by atoms with Crippen LogP contribution in [0.1, 0.15) is 26.2 Å². The summed E-state index contributed by atoms with van der Waals surface area (Å²) in [6.45, 7) is 1.61. The van der Waals surface area contributed by atoms with Crippen LogP contribution >= 0.6 is 0 Å². The highest BCUT2D eigenvalue weighted by atomic mass is 16.4. The average molecular weight is 226 g/mol. The second-order valence-electron chi connectivity index (χ2n) is 5.02. The molecule has 0 aromatic heterocycles. The van der Waals surface area contributed by atoms with Crippen LogP contribution in [0.2, 0.25) is 0 Å². The molecule has 0 radical (unpaired) electrons. The van der Waals surface area contributed by atoms with Crippen molar-refractivity contribution in [3.8, 4) is 0 Å². The Morgan fingerprint density at radius 1 is 1.38 bits per heavy atom. The van der Waals surface area contributed by atoms with Crippen LogP contribution in [0.15, 0.2) is 0 Å². The van der Waals surface area contributed by atoms with Crippen molar-refractivity contribution in [2.75, 3.05) is 0 Å². The smallest absolute Gasteiger partial charge is 0.308 e. The Kier molecular flexibility index (Phi) is 2.88. The van der Waals surface area contributed by atoms with Gasteiger partial charge in [0.1, 0.15) is 0 Å². The molecule has 0 heterocycles. The third-order valence-electron chi connectivity index (χ3n) is 3.92. The van der Waals surface area contributed by atoms with Gasteiger partial charge < -0.3 is 16.2 Å². The second kappa shape index (κ2) is 4.05. The highest BCUT2D eigenvalue weighted by Crippen LogP contribution is 2.48. The lowest BCUT2D eigenvalue weighted by Gasteiger charge is -2.29. The first-order valence-electron chi connectivity index (χ1n) is 5.79. The molecule has 5 atom stereocenters. The molecule has 5 nitrogen and oxygen atoms in total. The van der Waals surface area contributed by atoms with Crippen molar-refractivity contribution < 1.29 is 14.7 Å². The molecule has 2 aliphatic carbocycles. The molecule has 2 aliphatic rings. The van der Waals surface area contributed by atoms with E-state index in [0.717, 1.165) is 19.3 Å². The third-order valence-corrected chi connectivity index (χ3v) is 3.92. The number of carbonyl (C=O) groups excluding carboxylic acids is 1. The summed E-state index contributed by atoms with van der Waals surface area (Å²) in [5.74, 6) is -0.887. The van der Waals surface area contributed by atoms with E-state index in [1.165, 1.54) is 0 Å². The fraction of sp³-hybridized carbons (Fsp3) is 0.818. The van der Waals surface area contributed by atoms with E-state index in [0.29, 0.717) is 5.92 Å². The first kappa shape index (κ1) is 11.4. The summed E-state index contributed by atoms with van der Waals surface area (Å²) in [5.41, 5.74) is 5.47. The predicted molar refractivity (Wildman–Crippen MR) is 57.5 cm³/mol. The third kappa shape index (κ3) is 1.80. The van der Waals surface area contributed by atoms with E-state index >= 15 is 0 Å². The van der Waals surface area contributed by atoms with Gasteiger partial charge in [0.2, 0.25) is 5.91 Å². The number of aliphatic carboxylic acids is 1. The normalized spacial score (nSPS) is 38.4. The van der Waals surface area contributed by atoms with Crippen molar-refractivity contribution in [3.05, 3.63) is 0 Å². The van der Waals surface area contributed by atoms with Gasteiger partial charge >= 0.3 is 5.97 Å². The SMILES string of the molecule is C[C@H](N)C(=O)NC1C2CCC(C2)C1C(=O)O. The highest BCUT2D eigenvalue weighted by molar-refractivity contribution is 5.82. The molecule has 0 aromatic rings. The Bertz CT molecular complexity index is 316. The van der Waals surface area contributed by atoms with Crippen LogP contribution in [0.25, 0.3) is 0 Å². The maximum Gasteiger partial charge on any atom is 0.308 e. The number of carboxylic acid groups (broad SMARTS) is 1. The molecule has 2 bridgehead atoms. The number of amides is 1. The minimum atomic E-state index is -0.790. The summed E-state index contributed by atoms with van der Waals surface area (Å²) in [5, 5.41) is 12.0. The lowest BCUT2D eigenvalue weighted by atomic mass is 9.84. The first-order valence-corrected chi connectivity index (χ1v) is 5.79. The van der Waals surface area contributed by atoms with E-state index in [1.807, 2.05) is 0 Å². The van der Waals surface area contributed by atoms with Crippen LogP contribution in [0, 0.1) is 17.8 Å². The lowest BCUT2D eigenvalue weighted by Crippen LogP contribution is -2.51. The van der Waals surface area contributed by atoms with Gasteiger partial charge in [-0.05, 0) is 38.0 Å². The summed E-state index contributed by atoms with van der Waals surface area (Å²) in [6, 6.07) is -0.789. The van der Waals surface area contributed by atoms with E-state index in [9.17, 15) is 14.7 Å². The quantitative estimate of drug-likeness (QED) is 0.629. The van der Waals surface area contributed by atoms with E-state index in [2.05, 4.69) is 5.32 Å². The predicted octanol–water partition coefficient (Wildman–Crippen LogP) is -0.0509. The number of nitrogens with one attached hydrogen (secondary N) is 1. The average Bonchev–Trinajstić information content (AvgIpc) is 2.76. The van der Waals surface area contributed by atoms with Crippen LogP contribution in [0.4, 0.5) is 0 Å². The molecule has 0 aromatic carbocycles. The summed E-state index contributed by atoms with van der Waals surface area (Å²) in [6.07, 6.45) is 2.94. The van der Waals surface area contributed by atoms with Crippen molar-refractivity contribution in [1.29, 1.82) is 0 Å². The zero-order valence-electron chi connectivity index (χ0n) is 9.35. The van der Waals surface area contributed by atoms with E-state index in [4.69, 9.17) is 5.73 Å². The molecule has 2 rings (SSSR count). The molecule has 0 spiro atoms. The minimum Gasteiger partial charge on any atom is -0.481 e. The number of hydrogen-bond donors (Lipinski definition) is 3. The standard InChI is InChI=1S/C11H18N2O3/c1-5(12)10(14)13-9-7-3-2-6(4-7)8(9)11(15)16/h5-9H,2-4,12H2,1H3,(H,13,14)(H,15,16)/t5-,6?,7?,8?,9?/m0/s1. The number of hydrogen-bond acceptors (Lipinski definition) is 3. The minimum absolute atomic E-state index is 0.213. The fourth-order valence-electron chi connectivity index (χ4n) is 3.15. The van der Waals surface area contributed by atoms with Crippen molar-refractivity contribution in [2.24, 2.45) is 23.5 Å². The van der Waals surface area contributed by atoms with Gasteiger partial charge in [-0.3, -0.25) is 9.59 Å². The van der Waals surface area contributed by atoms with Crippen LogP contribution < -0.4 is 11.1 Å². The first-order chi connectivity index (χ1) is 7.50. The molecule has 0 saturated heterocycles. The Morgan fingerprint density at radius 2 is 2.00 bits per heavy atom. The van der Waals surface area contributed by atoms with Gasteiger partial charge in [0.15, 0.2) is 0 Å². The van der Waals surface area contributed by atoms with Gasteiger partial charge in [0.05, 0.1) is 12.0 Å². The number of carbonyl (C=O) groups is 2. The summed E-state index contributed by atoms with van der Waals surface area (Å²) in [7, 11) is 0. The van der Waals surface area contributed by atoms with Gasteiger partial charge in [-0.25, -0.2) is 0 Å². The molecular weight excluding hydrogens is 208 g/mol. The molecule has 2 saturated carbocycles. The van der Waals surface area contributed by atoms with Crippen LogP contribution in [0.3, 0.4) is 0 Å². The van der Waals surface area contributed by atoms with Gasteiger partial charge in [-0.15, -0.1) is 0 Å². The van der Waals surface area contributed by atoms with Gasteiger partial charge in [0, 0.05) is 6.04 Å². The van der Waals surface area contributed by atoms with Crippen LogP contribution in [0.5, 0.6) is 0 Å². The molecule has 16 heavy (non-hydrogen) atoms. The molecule has 2 fully saturated rings. The maximum atomic E-state index is 11.5. The number of carboxylic acids is 1. The molecule has 0 aliphatic heterocycles. The maximum absolute atomic E-state index is 11.5. The van der Waals surface area contributed by atoms with Crippen molar-refractivity contribution >= 4 is 11.9 Å². The van der Waals surface area contributed by atoms with Gasteiger partial charge in [0.25, 0.3) is 0 Å². The largest absolute Gasteiger partial charge is 0.481 e. The van der Waals surface area contributed by atoms with Crippen molar-refractivity contribution in [2.45, 2.75) is 38.3 Å². The second-order valence-corrected chi connectivity index (χ2v) is 5.02. The number of rotatable bonds is 3. The highest BCUT2D eigenvalue weighted by Gasteiger charge is 2.51. The van der Waals surface area contributed by atoms with E-state index in [1.54, 1.807) is 6.92 Å². The molecule has 90 valence electrons. The Hall–Kier alpha value is -1.10. The Balaban J connectivity index is 2.07. The zero-order valence-corrected chi connectivity index (χ0v) is 9.35. The van der Waals surface area contributed by atoms with Crippen molar-refractivity contribution in [1.82, 2.24) is 5.32 Å². The molecule has 5 heteroatoms. The molecular formula is C11H18N2O3.